The van der Waals surface area contributed by atoms with Crippen molar-refractivity contribution in [3.63, 3.8) is 0 Å². The third-order valence-electron chi connectivity index (χ3n) is 14.2. The summed E-state index contributed by atoms with van der Waals surface area (Å²) in [6.07, 6.45) is 14.9. The van der Waals surface area contributed by atoms with E-state index in [1.54, 1.807) is 35.4 Å². The van der Waals surface area contributed by atoms with Gasteiger partial charge >= 0.3 is 0 Å². The van der Waals surface area contributed by atoms with Gasteiger partial charge < -0.3 is 26.2 Å². The van der Waals surface area contributed by atoms with E-state index in [-0.39, 0.29) is 41.8 Å². The fourth-order valence-electron chi connectivity index (χ4n) is 9.81. The van der Waals surface area contributed by atoms with Crippen molar-refractivity contribution in [2.75, 3.05) is 60.9 Å². The number of nitrogens with zero attached hydrogens (tertiary/aromatic N) is 9. The molecule has 2 aliphatic carbocycles. The maximum absolute atomic E-state index is 16.1. The van der Waals surface area contributed by atoms with Crippen LogP contribution in [0.3, 0.4) is 0 Å². The molecule has 340 valence electrons. The monoisotopic (exact) mass is 887 g/mol. The second-order valence-electron chi connectivity index (χ2n) is 18.3. The van der Waals surface area contributed by atoms with Gasteiger partial charge in [0.15, 0.2) is 0 Å². The van der Waals surface area contributed by atoms with Gasteiger partial charge in [-0.1, -0.05) is 6.92 Å². The van der Waals surface area contributed by atoms with Gasteiger partial charge in [0, 0.05) is 107 Å². The Labute approximate surface area is 376 Å². The summed E-state index contributed by atoms with van der Waals surface area (Å²) >= 11 is 0. The van der Waals surface area contributed by atoms with Crippen LogP contribution in [-0.4, -0.2) is 111 Å². The summed E-state index contributed by atoms with van der Waals surface area (Å²) in [5.41, 5.74) is 7.84. The number of benzene rings is 1. The molecule has 1 aromatic carbocycles. The molecular formula is C47H55F2N13O3. The average molecular weight is 888 g/mol. The zero-order valence-corrected chi connectivity index (χ0v) is 36.6. The van der Waals surface area contributed by atoms with Crippen molar-refractivity contribution >= 4 is 40.5 Å². The lowest BCUT2D eigenvalue weighted by molar-refractivity contribution is -0.134. The standard InChI is InChI=1S/C47H55F2N13O3/c1-2-46(45(65)56-33-4-3-5-33)12-14-61(15-13-46)40-10-6-30(25-52-40)43-42(31(23-50)24-51)53-27-38(57-43)32-26-54-62(28-32)35-21-47(49,22-35)29-59-16-18-60(19-17-59)39-9-7-34(20-36(39)48)55-37-8-11-41(63)58-44(37)64/h6-7,9-10,20,23,25-28,33,35,37,55H,2-5,8,11-19,21-22,29,50H2,1H3,(H,56,65)(H,58,63,64)/b31-23-/t35?,37-,47?/m1/s1. The highest BCUT2D eigenvalue weighted by Gasteiger charge is 2.47. The van der Waals surface area contributed by atoms with Crippen LogP contribution in [0.5, 0.6) is 0 Å². The lowest BCUT2D eigenvalue weighted by Crippen LogP contribution is -2.54. The molecule has 5 N–H and O–H groups in total. The van der Waals surface area contributed by atoms with Gasteiger partial charge in [-0.3, -0.25) is 34.3 Å². The number of imide groups is 1. The van der Waals surface area contributed by atoms with E-state index in [4.69, 9.17) is 15.7 Å². The summed E-state index contributed by atoms with van der Waals surface area (Å²) in [4.78, 5) is 57.5. The number of rotatable bonds is 13. The van der Waals surface area contributed by atoms with Gasteiger partial charge in [-0.05, 0) is 75.3 Å². The number of alkyl halides is 1. The van der Waals surface area contributed by atoms with Crippen molar-refractivity contribution in [1.82, 2.24) is 40.3 Å². The lowest BCUT2D eigenvalue weighted by Gasteiger charge is -2.46. The van der Waals surface area contributed by atoms with E-state index in [2.05, 4.69) is 48.8 Å². The Hall–Kier alpha value is -6.48. The Bertz CT molecular complexity index is 2500. The fourth-order valence-corrected chi connectivity index (χ4v) is 9.81. The minimum absolute atomic E-state index is 0.139. The number of piperidine rings is 2. The molecule has 5 fully saturated rings. The van der Waals surface area contributed by atoms with Crippen molar-refractivity contribution in [1.29, 1.82) is 5.26 Å². The molecule has 9 rings (SSSR count). The molecule has 4 aromatic rings. The van der Waals surface area contributed by atoms with Crippen molar-refractivity contribution in [3.8, 4) is 28.6 Å². The van der Waals surface area contributed by atoms with E-state index in [9.17, 15) is 19.6 Å². The molecule has 5 aliphatic rings. The van der Waals surface area contributed by atoms with Crippen LogP contribution in [0.15, 0.2) is 61.3 Å². The van der Waals surface area contributed by atoms with E-state index in [1.165, 1.54) is 18.7 Å². The summed E-state index contributed by atoms with van der Waals surface area (Å²) < 4.78 is 33.2. The van der Waals surface area contributed by atoms with E-state index < -0.39 is 23.4 Å². The van der Waals surface area contributed by atoms with Gasteiger partial charge in [-0.15, -0.1) is 0 Å². The molecule has 3 aromatic heterocycles. The van der Waals surface area contributed by atoms with Gasteiger partial charge in [-0.25, -0.2) is 18.7 Å². The maximum atomic E-state index is 16.1. The molecule has 3 amide bonds. The Morgan fingerprint density at radius 3 is 2.43 bits per heavy atom. The fraction of sp³-hybridized carbons (Fsp3) is 0.489. The largest absolute Gasteiger partial charge is 0.403 e. The molecule has 3 aliphatic heterocycles. The van der Waals surface area contributed by atoms with Gasteiger partial charge in [-0.2, -0.15) is 10.4 Å². The highest BCUT2D eigenvalue weighted by atomic mass is 19.1. The van der Waals surface area contributed by atoms with Gasteiger partial charge in [0.2, 0.25) is 17.7 Å². The molecule has 65 heavy (non-hydrogen) atoms. The molecule has 0 radical (unpaired) electrons. The number of aromatic nitrogens is 5. The molecule has 6 heterocycles. The van der Waals surface area contributed by atoms with Crippen LogP contribution in [0.2, 0.25) is 0 Å². The first-order valence-electron chi connectivity index (χ1n) is 22.8. The van der Waals surface area contributed by atoms with E-state index in [0.717, 1.165) is 37.9 Å². The van der Waals surface area contributed by atoms with Gasteiger partial charge in [0.1, 0.15) is 35.1 Å². The molecule has 2 saturated carbocycles. The third-order valence-corrected chi connectivity index (χ3v) is 14.2. The first kappa shape index (κ1) is 43.8. The van der Waals surface area contributed by atoms with Crippen LogP contribution in [-0.2, 0) is 14.4 Å². The minimum Gasteiger partial charge on any atom is -0.403 e. The van der Waals surface area contributed by atoms with Crippen molar-refractivity contribution < 1.29 is 23.2 Å². The molecule has 0 spiro atoms. The molecule has 0 bridgehead atoms. The number of nitrogens with one attached hydrogen (secondary N) is 3. The van der Waals surface area contributed by atoms with Gasteiger partial charge in [0.05, 0.1) is 46.5 Å². The van der Waals surface area contributed by atoms with Crippen LogP contribution in [0, 0.1) is 22.6 Å². The Kier molecular flexibility index (Phi) is 12.2. The first-order chi connectivity index (χ1) is 31.4. The second kappa shape index (κ2) is 18.2. The number of halogens is 2. The van der Waals surface area contributed by atoms with E-state index >= 15 is 8.78 Å². The maximum Gasteiger partial charge on any atom is 0.249 e. The summed E-state index contributed by atoms with van der Waals surface area (Å²) in [7, 11) is 0. The molecule has 1 atom stereocenters. The Balaban J connectivity index is 0.800. The van der Waals surface area contributed by atoms with Crippen LogP contribution in [0.25, 0.3) is 28.1 Å². The molecule has 0 unspecified atom stereocenters. The predicted octanol–water partition coefficient (Wildman–Crippen LogP) is 5.11. The number of nitrogens with two attached hydrogens (primary N) is 1. The highest BCUT2D eigenvalue weighted by Crippen LogP contribution is 2.45. The summed E-state index contributed by atoms with van der Waals surface area (Å²) in [5.74, 6) is -0.162. The van der Waals surface area contributed by atoms with E-state index in [1.807, 2.05) is 23.2 Å². The summed E-state index contributed by atoms with van der Waals surface area (Å²) in [6, 6.07) is 10.3. The zero-order valence-electron chi connectivity index (χ0n) is 36.6. The van der Waals surface area contributed by atoms with Crippen LogP contribution >= 0.6 is 0 Å². The van der Waals surface area contributed by atoms with Crippen LogP contribution in [0.1, 0.15) is 82.9 Å². The van der Waals surface area contributed by atoms with Crippen LogP contribution in [0.4, 0.5) is 26.0 Å². The first-order valence-corrected chi connectivity index (χ1v) is 22.8. The van der Waals surface area contributed by atoms with Crippen molar-refractivity contribution in [2.24, 2.45) is 11.1 Å². The summed E-state index contributed by atoms with van der Waals surface area (Å²) in [6.45, 7) is 6.05. The number of hydrogen-bond donors (Lipinski definition) is 4. The number of carbonyl (C=O) groups is 3. The number of anilines is 3. The molecule has 16 nitrogen and oxygen atoms in total. The predicted molar refractivity (Wildman–Crippen MR) is 241 cm³/mol. The number of nitriles is 1. The lowest BCUT2D eigenvalue weighted by atomic mass is 9.74. The minimum atomic E-state index is -1.39. The second-order valence-corrected chi connectivity index (χ2v) is 18.3. The van der Waals surface area contributed by atoms with Crippen molar-refractivity contribution in [2.45, 2.75) is 94.9 Å². The highest BCUT2D eigenvalue weighted by molar-refractivity contribution is 6.01. The molecule has 3 saturated heterocycles. The molecule has 18 heteroatoms. The number of hydrogen-bond acceptors (Lipinski definition) is 13. The number of pyridine rings is 1. The molecular weight excluding hydrogens is 833 g/mol. The quantitative estimate of drug-likeness (QED) is 0.102. The van der Waals surface area contributed by atoms with Crippen molar-refractivity contribution in [3.05, 3.63) is 72.8 Å². The summed E-state index contributed by atoms with van der Waals surface area (Å²) in [5, 5.41) is 23.1. The van der Waals surface area contributed by atoms with Crippen LogP contribution < -0.4 is 31.5 Å². The normalized spacial score (nSPS) is 23.8. The number of piperazine rings is 1. The topological polar surface area (TPSA) is 203 Å². The number of carbonyl (C=O) groups excluding carboxylic acids is 3. The third kappa shape index (κ3) is 9.11. The average Bonchev–Trinajstić information content (AvgIpc) is 3.79. The van der Waals surface area contributed by atoms with Gasteiger partial charge in [0.25, 0.3) is 0 Å². The number of allylic oxidation sites excluding steroid dienone is 1. The Morgan fingerprint density at radius 2 is 1.78 bits per heavy atom. The zero-order chi connectivity index (χ0) is 45.3. The smallest absolute Gasteiger partial charge is 0.249 e. The van der Waals surface area contributed by atoms with E-state index in [0.29, 0.717) is 104 Å². The Morgan fingerprint density at radius 1 is 1.00 bits per heavy atom. The number of amides is 3. The SMILES string of the molecule is CCC1(C(=O)NC2CCC2)CCN(c2ccc(-c3nc(-c4cnn(C5CC(F)(CN6CCN(c7ccc(N[C@@H]8CCC(=O)NC8=O)cc7F)CC6)C5)c4)cnc3/C(C#N)=C\N)cn2)CC1.